The summed E-state index contributed by atoms with van der Waals surface area (Å²) in [5.41, 5.74) is 0.203. The van der Waals surface area contributed by atoms with E-state index in [1.54, 1.807) is 18.3 Å². The molecule has 1 rings (SSSR count). The molecule has 76 valence electrons. The predicted octanol–water partition coefficient (Wildman–Crippen LogP) is 2.37. The summed E-state index contributed by atoms with van der Waals surface area (Å²) < 4.78 is 0.866. The molecule has 3 nitrogen and oxygen atoms in total. The number of amides is 1. The standard InChI is InChI=1S/C10H13BrN2O/c1-10(2,3)13-9(14)8-5-4-7(11)6-12-8/h4-6H,1-3H3,(H,13,14). The average Bonchev–Trinajstić information content (AvgIpc) is 2.02. The largest absolute Gasteiger partial charge is 0.346 e. The molecule has 0 saturated carbocycles. The molecule has 1 amide bonds. The SMILES string of the molecule is CC(C)(C)NC(=O)c1ccc(Br)cn1. The van der Waals surface area contributed by atoms with Gasteiger partial charge in [-0.1, -0.05) is 0 Å². The van der Waals surface area contributed by atoms with Crippen molar-refractivity contribution in [2.75, 3.05) is 0 Å². The second kappa shape index (κ2) is 4.09. The monoisotopic (exact) mass is 256 g/mol. The van der Waals surface area contributed by atoms with E-state index in [9.17, 15) is 4.79 Å². The number of rotatable bonds is 1. The second-order valence-electron chi connectivity index (χ2n) is 4.07. The third kappa shape index (κ3) is 3.46. The molecule has 1 heterocycles. The van der Waals surface area contributed by atoms with E-state index in [0.717, 1.165) is 4.47 Å². The zero-order chi connectivity index (χ0) is 10.8. The van der Waals surface area contributed by atoms with Crippen molar-refractivity contribution in [3.05, 3.63) is 28.5 Å². The number of nitrogens with zero attached hydrogens (tertiary/aromatic N) is 1. The van der Waals surface area contributed by atoms with Crippen molar-refractivity contribution in [3.63, 3.8) is 0 Å². The molecule has 0 unspecified atom stereocenters. The summed E-state index contributed by atoms with van der Waals surface area (Å²) >= 11 is 3.26. The van der Waals surface area contributed by atoms with E-state index in [2.05, 4.69) is 26.2 Å². The van der Waals surface area contributed by atoms with E-state index in [0.29, 0.717) is 5.69 Å². The van der Waals surface area contributed by atoms with E-state index in [-0.39, 0.29) is 11.4 Å². The van der Waals surface area contributed by atoms with Crippen LogP contribution in [0.5, 0.6) is 0 Å². The van der Waals surface area contributed by atoms with Gasteiger partial charge in [-0.2, -0.15) is 0 Å². The molecule has 1 N–H and O–H groups in total. The summed E-state index contributed by atoms with van der Waals surface area (Å²) in [7, 11) is 0. The number of nitrogens with one attached hydrogen (secondary N) is 1. The van der Waals surface area contributed by atoms with Crippen molar-refractivity contribution < 1.29 is 4.79 Å². The quantitative estimate of drug-likeness (QED) is 0.839. The highest BCUT2D eigenvalue weighted by molar-refractivity contribution is 9.10. The van der Waals surface area contributed by atoms with Gasteiger partial charge in [0.2, 0.25) is 0 Å². The van der Waals surface area contributed by atoms with Gasteiger partial charge in [0.25, 0.3) is 5.91 Å². The highest BCUT2D eigenvalue weighted by Gasteiger charge is 2.15. The van der Waals surface area contributed by atoms with Crippen molar-refractivity contribution in [2.24, 2.45) is 0 Å². The Hall–Kier alpha value is -0.900. The van der Waals surface area contributed by atoms with Crippen LogP contribution in [-0.2, 0) is 0 Å². The first-order valence-electron chi connectivity index (χ1n) is 4.32. The summed E-state index contributed by atoms with van der Waals surface area (Å²) in [6.07, 6.45) is 1.61. The topological polar surface area (TPSA) is 42.0 Å². The second-order valence-corrected chi connectivity index (χ2v) is 4.98. The zero-order valence-electron chi connectivity index (χ0n) is 8.47. The first kappa shape index (κ1) is 11.2. The first-order chi connectivity index (χ1) is 6.38. The molecule has 0 fully saturated rings. The van der Waals surface area contributed by atoms with E-state index in [4.69, 9.17) is 0 Å². The molecule has 0 bridgehead atoms. The summed E-state index contributed by atoms with van der Waals surface area (Å²) in [4.78, 5) is 15.6. The summed E-state index contributed by atoms with van der Waals surface area (Å²) in [6, 6.07) is 3.48. The number of carbonyl (C=O) groups excluding carboxylic acids is 1. The molecule has 0 atom stereocenters. The third-order valence-corrected chi connectivity index (χ3v) is 1.92. The minimum Gasteiger partial charge on any atom is -0.346 e. The number of halogens is 1. The van der Waals surface area contributed by atoms with Crippen LogP contribution in [0.4, 0.5) is 0 Å². The van der Waals surface area contributed by atoms with Crippen LogP contribution in [0.15, 0.2) is 22.8 Å². The first-order valence-corrected chi connectivity index (χ1v) is 5.12. The maximum absolute atomic E-state index is 11.6. The van der Waals surface area contributed by atoms with Crippen LogP contribution in [0.25, 0.3) is 0 Å². The highest BCUT2D eigenvalue weighted by Crippen LogP contribution is 2.08. The van der Waals surface area contributed by atoms with Crippen LogP contribution >= 0.6 is 15.9 Å². The smallest absolute Gasteiger partial charge is 0.270 e. The van der Waals surface area contributed by atoms with Gasteiger partial charge in [0.15, 0.2) is 0 Å². The van der Waals surface area contributed by atoms with Gasteiger partial charge in [-0.15, -0.1) is 0 Å². The van der Waals surface area contributed by atoms with Crippen LogP contribution in [-0.4, -0.2) is 16.4 Å². The van der Waals surface area contributed by atoms with Crippen LogP contribution in [0, 0.1) is 0 Å². The van der Waals surface area contributed by atoms with Crippen molar-refractivity contribution in [1.29, 1.82) is 0 Å². The molecule has 0 aliphatic carbocycles. The molecule has 4 heteroatoms. The minimum atomic E-state index is -0.230. The summed E-state index contributed by atoms with van der Waals surface area (Å²) in [6.45, 7) is 5.80. The molecule has 0 radical (unpaired) electrons. The van der Waals surface area contributed by atoms with Crippen molar-refractivity contribution in [1.82, 2.24) is 10.3 Å². The fourth-order valence-electron chi connectivity index (χ4n) is 0.915. The Balaban J connectivity index is 2.76. The molecule has 1 aromatic heterocycles. The Morgan fingerprint density at radius 1 is 1.43 bits per heavy atom. The van der Waals surface area contributed by atoms with E-state index >= 15 is 0 Å². The van der Waals surface area contributed by atoms with Gasteiger partial charge >= 0.3 is 0 Å². The minimum absolute atomic E-state index is 0.148. The Kier molecular flexibility index (Phi) is 3.26. The highest BCUT2D eigenvalue weighted by atomic mass is 79.9. The van der Waals surface area contributed by atoms with Gasteiger partial charge in [-0.05, 0) is 48.8 Å². The number of hydrogen-bond donors (Lipinski definition) is 1. The molecule has 0 saturated heterocycles. The molecular formula is C10H13BrN2O. The maximum atomic E-state index is 11.6. The molecule has 0 aliphatic heterocycles. The summed E-state index contributed by atoms with van der Waals surface area (Å²) in [5.74, 6) is -0.148. The van der Waals surface area contributed by atoms with Crippen molar-refractivity contribution >= 4 is 21.8 Å². The average molecular weight is 257 g/mol. The lowest BCUT2D eigenvalue weighted by molar-refractivity contribution is 0.0914. The van der Waals surface area contributed by atoms with Crippen molar-refractivity contribution in [3.8, 4) is 0 Å². The molecule has 0 aliphatic rings. The lowest BCUT2D eigenvalue weighted by atomic mass is 10.1. The number of carbonyl (C=O) groups is 1. The fraction of sp³-hybridized carbons (Fsp3) is 0.400. The molecule has 14 heavy (non-hydrogen) atoms. The normalized spacial score (nSPS) is 11.1. The van der Waals surface area contributed by atoms with E-state index in [1.807, 2.05) is 20.8 Å². The number of hydrogen-bond acceptors (Lipinski definition) is 2. The molecule has 0 aromatic carbocycles. The Bertz CT molecular complexity index is 327. The van der Waals surface area contributed by atoms with E-state index < -0.39 is 0 Å². The third-order valence-electron chi connectivity index (χ3n) is 1.45. The van der Waals surface area contributed by atoms with Gasteiger partial charge < -0.3 is 5.32 Å². The molecule has 0 spiro atoms. The lowest BCUT2D eigenvalue weighted by Gasteiger charge is -2.19. The van der Waals surface area contributed by atoms with Crippen molar-refractivity contribution in [2.45, 2.75) is 26.3 Å². The fourth-order valence-corrected chi connectivity index (χ4v) is 1.15. The van der Waals surface area contributed by atoms with Gasteiger partial charge in [-0.3, -0.25) is 4.79 Å². The molecular weight excluding hydrogens is 244 g/mol. The number of pyridine rings is 1. The lowest BCUT2D eigenvalue weighted by Crippen LogP contribution is -2.40. The van der Waals surface area contributed by atoms with Crippen LogP contribution in [0.1, 0.15) is 31.3 Å². The maximum Gasteiger partial charge on any atom is 0.270 e. The number of aromatic nitrogens is 1. The van der Waals surface area contributed by atoms with Crippen LogP contribution in [0.2, 0.25) is 0 Å². The van der Waals surface area contributed by atoms with Gasteiger partial charge in [0, 0.05) is 16.2 Å². The van der Waals surface area contributed by atoms with Gasteiger partial charge in [-0.25, -0.2) is 4.98 Å². The van der Waals surface area contributed by atoms with Gasteiger partial charge in [0.05, 0.1) is 0 Å². The van der Waals surface area contributed by atoms with Crippen LogP contribution in [0.3, 0.4) is 0 Å². The van der Waals surface area contributed by atoms with Gasteiger partial charge in [0.1, 0.15) is 5.69 Å². The molecule has 1 aromatic rings. The zero-order valence-corrected chi connectivity index (χ0v) is 10.1. The Labute approximate surface area is 92.1 Å². The summed E-state index contributed by atoms with van der Waals surface area (Å²) in [5, 5.41) is 2.84. The van der Waals surface area contributed by atoms with E-state index in [1.165, 1.54) is 0 Å². The van der Waals surface area contributed by atoms with Crippen LogP contribution < -0.4 is 5.32 Å². The Morgan fingerprint density at radius 3 is 2.50 bits per heavy atom. The predicted molar refractivity (Wildman–Crippen MR) is 59.2 cm³/mol. The Morgan fingerprint density at radius 2 is 2.07 bits per heavy atom.